The lowest BCUT2D eigenvalue weighted by atomic mass is 10.1. The number of ketones is 1. The lowest BCUT2D eigenvalue weighted by molar-refractivity contribution is -0.144. The third-order valence-corrected chi connectivity index (χ3v) is 5.78. The molecule has 0 N–H and O–H groups in total. The molecule has 162 valence electrons. The summed E-state index contributed by atoms with van der Waals surface area (Å²) in [6.07, 6.45) is 0. The molecule has 0 aromatic heterocycles. The lowest BCUT2D eigenvalue weighted by Gasteiger charge is -2.21. The van der Waals surface area contributed by atoms with Crippen molar-refractivity contribution in [1.29, 1.82) is 0 Å². The van der Waals surface area contributed by atoms with Crippen molar-refractivity contribution in [3.8, 4) is 0 Å². The first-order valence-electron chi connectivity index (χ1n) is 9.40. The van der Waals surface area contributed by atoms with Gasteiger partial charge in [0.15, 0.2) is 0 Å². The molecule has 31 heavy (non-hydrogen) atoms. The van der Waals surface area contributed by atoms with Crippen LogP contribution in [-0.2, 0) is 32.2 Å². The second-order valence-electron chi connectivity index (χ2n) is 7.23. The summed E-state index contributed by atoms with van der Waals surface area (Å²) in [5, 5.41) is 0.780. The number of carbonyl (C=O) groups is 4. The Morgan fingerprint density at radius 2 is 1.71 bits per heavy atom. The minimum absolute atomic E-state index is 0.000959. The number of esters is 1. The molecule has 0 radical (unpaired) electrons. The molecule has 0 saturated carbocycles. The van der Waals surface area contributed by atoms with Crippen molar-refractivity contribution in [3.63, 3.8) is 0 Å². The Balaban J connectivity index is 1.65. The zero-order valence-electron chi connectivity index (χ0n) is 16.9. The number of carbonyl (C=O) groups excluding carboxylic acids is 4. The number of likely N-dealkylation sites (tertiary alicyclic amines) is 1. The molecule has 1 aliphatic heterocycles. The highest BCUT2D eigenvalue weighted by atomic mass is 35.5. The van der Waals surface area contributed by atoms with E-state index in [9.17, 15) is 19.2 Å². The number of rotatable bonds is 6. The molecule has 1 unspecified atom stereocenters. The van der Waals surface area contributed by atoms with Crippen LogP contribution in [0.15, 0.2) is 42.5 Å². The summed E-state index contributed by atoms with van der Waals surface area (Å²) >= 11 is 11.9. The maximum absolute atomic E-state index is 12.8. The van der Waals surface area contributed by atoms with Crippen molar-refractivity contribution in [2.24, 2.45) is 5.92 Å². The zero-order valence-corrected chi connectivity index (χ0v) is 18.4. The van der Waals surface area contributed by atoms with Gasteiger partial charge in [0.25, 0.3) is 5.91 Å². The van der Waals surface area contributed by atoms with Gasteiger partial charge < -0.3 is 14.5 Å². The van der Waals surface area contributed by atoms with Crippen LogP contribution in [0.3, 0.4) is 0 Å². The first-order valence-corrected chi connectivity index (χ1v) is 10.2. The van der Waals surface area contributed by atoms with E-state index in [-0.39, 0.29) is 19.6 Å². The van der Waals surface area contributed by atoms with Crippen LogP contribution < -0.4 is 0 Å². The van der Waals surface area contributed by atoms with Crippen LogP contribution in [0, 0.1) is 5.92 Å². The fraction of sp³-hybridized carbons (Fsp3) is 0.273. The molecule has 2 aromatic rings. The standard InChI is InChI=1S/C22H20Cl2N2O5/c1-25(10-14-5-8-17(23)18(24)9-14)20(28)16-12-26(21(29)19(16)27)11-13-3-6-15(7-4-13)22(30)31-2/h3-9,16H,10-12H2,1-2H3. The van der Waals surface area contributed by atoms with Gasteiger partial charge in [-0.3, -0.25) is 14.4 Å². The summed E-state index contributed by atoms with van der Waals surface area (Å²) in [6, 6.07) is 11.5. The van der Waals surface area contributed by atoms with Gasteiger partial charge in [0.1, 0.15) is 5.92 Å². The molecule has 9 heteroatoms. The predicted octanol–water partition coefficient (Wildman–Crippen LogP) is 2.97. The summed E-state index contributed by atoms with van der Waals surface area (Å²) in [4.78, 5) is 51.9. The molecule has 1 aliphatic rings. The van der Waals surface area contributed by atoms with E-state index in [1.807, 2.05) is 0 Å². The molecular formula is C22H20Cl2N2O5. The van der Waals surface area contributed by atoms with E-state index in [2.05, 4.69) is 4.74 Å². The number of amides is 2. The van der Waals surface area contributed by atoms with E-state index in [0.717, 1.165) is 11.1 Å². The SMILES string of the molecule is COC(=O)c1ccc(CN2CC(C(=O)N(C)Cc3ccc(Cl)c(Cl)c3)C(=O)C2=O)cc1. The third-order valence-electron chi connectivity index (χ3n) is 5.04. The maximum atomic E-state index is 12.8. The molecule has 0 aliphatic carbocycles. The van der Waals surface area contributed by atoms with Gasteiger partial charge in [-0.2, -0.15) is 0 Å². The smallest absolute Gasteiger partial charge is 0.337 e. The summed E-state index contributed by atoms with van der Waals surface area (Å²) in [5.41, 5.74) is 1.86. The number of nitrogens with zero attached hydrogens (tertiary/aromatic N) is 2. The number of methoxy groups -OCH3 is 1. The van der Waals surface area contributed by atoms with Crippen molar-refractivity contribution in [3.05, 3.63) is 69.2 Å². The Morgan fingerprint density at radius 3 is 2.32 bits per heavy atom. The minimum atomic E-state index is -1.06. The van der Waals surface area contributed by atoms with Gasteiger partial charge in [-0.15, -0.1) is 0 Å². The minimum Gasteiger partial charge on any atom is -0.465 e. The molecule has 1 fully saturated rings. The Labute approximate surface area is 189 Å². The quantitative estimate of drug-likeness (QED) is 0.374. The van der Waals surface area contributed by atoms with Gasteiger partial charge in [0, 0.05) is 26.7 Å². The second kappa shape index (κ2) is 9.49. The van der Waals surface area contributed by atoms with Crippen LogP contribution in [-0.4, -0.2) is 54.1 Å². The zero-order chi connectivity index (χ0) is 22.7. The van der Waals surface area contributed by atoms with Crippen molar-refractivity contribution in [1.82, 2.24) is 9.80 Å². The highest BCUT2D eigenvalue weighted by Gasteiger charge is 2.44. The second-order valence-corrected chi connectivity index (χ2v) is 8.05. The highest BCUT2D eigenvalue weighted by molar-refractivity contribution is 6.42. The van der Waals surface area contributed by atoms with E-state index in [1.54, 1.807) is 49.5 Å². The Bertz CT molecular complexity index is 1040. The number of Topliss-reactive ketones (excluding diaryl/α,β-unsaturated/α-hetero) is 1. The van der Waals surface area contributed by atoms with Crippen molar-refractivity contribution in [2.75, 3.05) is 20.7 Å². The molecule has 3 rings (SSSR count). The Kier molecular flexibility index (Phi) is 6.97. The van der Waals surface area contributed by atoms with Crippen LogP contribution in [0.5, 0.6) is 0 Å². The maximum Gasteiger partial charge on any atom is 0.337 e. The van der Waals surface area contributed by atoms with E-state index < -0.39 is 29.5 Å². The lowest BCUT2D eigenvalue weighted by Crippen LogP contribution is -2.36. The van der Waals surface area contributed by atoms with Crippen LogP contribution in [0.1, 0.15) is 21.5 Å². The van der Waals surface area contributed by atoms with Crippen LogP contribution >= 0.6 is 23.2 Å². The van der Waals surface area contributed by atoms with Gasteiger partial charge in [-0.05, 0) is 35.4 Å². The molecule has 1 saturated heterocycles. The number of ether oxygens (including phenoxy) is 1. The molecule has 7 nitrogen and oxygen atoms in total. The van der Waals surface area contributed by atoms with Gasteiger partial charge in [-0.25, -0.2) is 4.79 Å². The predicted molar refractivity (Wildman–Crippen MR) is 115 cm³/mol. The molecule has 0 spiro atoms. The van der Waals surface area contributed by atoms with Gasteiger partial charge >= 0.3 is 5.97 Å². The van der Waals surface area contributed by atoms with Gasteiger partial charge in [0.2, 0.25) is 11.7 Å². The van der Waals surface area contributed by atoms with E-state index >= 15 is 0 Å². The largest absolute Gasteiger partial charge is 0.465 e. The Morgan fingerprint density at radius 1 is 1.06 bits per heavy atom. The fourth-order valence-electron chi connectivity index (χ4n) is 3.36. The number of hydrogen-bond acceptors (Lipinski definition) is 5. The van der Waals surface area contributed by atoms with Crippen LogP contribution in [0.25, 0.3) is 0 Å². The molecule has 2 aromatic carbocycles. The topological polar surface area (TPSA) is 84.0 Å². The number of halogens is 2. The first kappa shape index (κ1) is 22.8. The third kappa shape index (κ3) is 5.06. The van der Waals surface area contributed by atoms with Crippen LogP contribution in [0.4, 0.5) is 0 Å². The monoisotopic (exact) mass is 462 g/mol. The average molecular weight is 463 g/mol. The Hall–Kier alpha value is -2.90. The summed E-state index contributed by atoms with van der Waals surface area (Å²) < 4.78 is 4.65. The molecule has 0 bridgehead atoms. The van der Waals surface area contributed by atoms with Crippen LogP contribution in [0.2, 0.25) is 10.0 Å². The van der Waals surface area contributed by atoms with Crippen molar-refractivity contribution < 1.29 is 23.9 Å². The molecule has 1 atom stereocenters. The molecule has 2 amide bonds. The fourth-order valence-corrected chi connectivity index (χ4v) is 3.68. The number of hydrogen-bond donors (Lipinski definition) is 0. The van der Waals surface area contributed by atoms with Crippen molar-refractivity contribution in [2.45, 2.75) is 13.1 Å². The molecular weight excluding hydrogens is 443 g/mol. The van der Waals surface area contributed by atoms with Crippen molar-refractivity contribution >= 4 is 46.8 Å². The average Bonchev–Trinajstić information content (AvgIpc) is 3.04. The first-order chi connectivity index (χ1) is 14.7. The summed E-state index contributed by atoms with van der Waals surface area (Å²) in [7, 11) is 2.86. The van der Waals surface area contributed by atoms with E-state index in [1.165, 1.54) is 16.9 Å². The van der Waals surface area contributed by atoms with E-state index in [0.29, 0.717) is 15.6 Å². The number of benzene rings is 2. The summed E-state index contributed by atoms with van der Waals surface area (Å²) in [5.74, 6) is -3.38. The highest BCUT2D eigenvalue weighted by Crippen LogP contribution is 2.24. The van der Waals surface area contributed by atoms with Gasteiger partial charge in [-0.1, -0.05) is 41.4 Å². The normalized spacial score (nSPS) is 15.9. The van der Waals surface area contributed by atoms with E-state index in [4.69, 9.17) is 23.2 Å². The molecule has 1 heterocycles. The van der Waals surface area contributed by atoms with Gasteiger partial charge in [0.05, 0.1) is 22.7 Å². The summed E-state index contributed by atoms with van der Waals surface area (Å²) in [6.45, 7) is 0.385.